The number of hydrogen-bond acceptors (Lipinski definition) is 5. The molecule has 0 radical (unpaired) electrons. The van der Waals surface area contributed by atoms with Crippen molar-refractivity contribution >= 4 is 35.1 Å². The molecule has 1 unspecified atom stereocenters. The van der Waals surface area contributed by atoms with Crippen molar-refractivity contribution in [3.8, 4) is 0 Å². The summed E-state index contributed by atoms with van der Waals surface area (Å²) in [7, 11) is 1.64. The summed E-state index contributed by atoms with van der Waals surface area (Å²) < 4.78 is 6.89. The zero-order valence-corrected chi connectivity index (χ0v) is 16.0. The number of benzene rings is 1. The van der Waals surface area contributed by atoms with Gasteiger partial charge in [-0.3, -0.25) is 9.36 Å². The van der Waals surface area contributed by atoms with E-state index in [9.17, 15) is 4.79 Å². The number of rotatable bonds is 6. The van der Waals surface area contributed by atoms with Gasteiger partial charge in [0, 0.05) is 29.6 Å². The van der Waals surface area contributed by atoms with Crippen molar-refractivity contribution < 1.29 is 4.74 Å². The Bertz CT molecular complexity index is 795. The van der Waals surface area contributed by atoms with E-state index in [4.69, 9.17) is 21.3 Å². The Morgan fingerprint density at radius 1 is 1.50 bits per heavy atom. The minimum Gasteiger partial charge on any atom is -0.383 e. The second-order valence-corrected chi connectivity index (χ2v) is 8.50. The van der Waals surface area contributed by atoms with Gasteiger partial charge in [0.1, 0.15) is 0 Å². The fraction of sp³-hybridized carbons (Fsp3) is 0.412. The lowest BCUT2D eigenvalue weighted by Crippen LogP contribution is -2.27. The monoisotopic (exact) mass is 382 g/mol. The molecule has 0 aliphatic carbocycles. The Morgan fingerprint density at radius 3 is 3.08 bits per heavy atom. The molecule has 0 bridgehead atoms. The van der Waals surface area contributed by atoms with Crippen molar-refractivity contribution in [3.05, 3.63) is 50.9 Å². The Morgan fingerprint density at radius 2 is 2.33 bits per heavy atom. The van der Waals surface area contributed by atoms with Crippen LogP contribution < -0.4 is 5.56 Å². The number of nitrogens with zero attached hydrogens (tertiary/aromatic N) is 2. The van der Waals surface area contributed by atoms with Crippen LogP contribution in [-0.4, -0.2) is 28.5 Å². The predicted octanol–water partition coefficient (Wildman–Crippen LogP) is 3.87. The van der Waals surface area contributed by atoms with Crippen LogP contribution in [-0.2, 0) is 23.5 Å². The molecule has 1 aromatic heterocycles. The van der Waals surface area contributed by atoms with E-state index in [1.807, 2.05) is 24.3 Å². The average Bonchev–Trinajstić information content (AvgIpc) is 2.93. The van der Waals surface area contributed by atoms with Crippen LogP contribution in [0, 0.1) is 0 Å². The summed E-state index contributed by atoms with van der Waals surface area (Å²) in [6, 6.07) is 7.76. The summed E-state index contributed by atoms with van der Waals surface area (Å²) in [5, 5.41) is 1.88. The average molecular weight is 383 g/mol. The predicted molar refractivity (Wildman–Crippen MR) is 100 cm³/mol. The largest absolute Gasteiger partial charge is 0.383 e. The first-order valence-corrected chi connectivity index (χ1v) is 9.99. The second-order valence-electron chi connectivity index (χ2n) is 5.67. The third kappa shape index (κ3) is 3.99. The van der Waals surface area contributed by atoms with E-state index in [0.717, 1.165) is 38.5 Å². The number of ether oxygens (including phenoxy) is 1. The molecule has 24 heavy (non-hydrogen) atoms. The van der Waals surface area contributed by atoms with Crippen LogP contribution in [0.1, 0.15) is 18.2 Å². The highest BCUT2D eigenvalue weighted by Gasteiger charge is 2.26. The summed E-state index contributed by atoms with van der Waals surface area (Å²) in [6.07, 6.45) is 0.852. The van der Waals surface area contributed by atoms with Crippen LogP contribution in [0.2, 0.25) is 5.02 Å². The smallest absolute Gasteiger partial charge is 0.268 e. The highest BCUT2D eigenvalue weighted by atomic mass is 35.5. The molecule has 0 fully saturated rings. The molecular formula is C17H19ClN2O2S2. The molecule has 128 valence electrons. The van der Waals surface area contributed by atoms with Crippen LogP contribution in [0.25, 0.3) is 0 Å². The Kier molecular flexibility index (Phi) is 5.92. The Balaban J connectivity index is 1.89. The van der Waals surface area contributed by atoms with Crippen LogP contribution >= 0.6 is 35.1 Å². The van der Waals surface area contributed by atoms with Gasteiger partial charge in [-0.15, -0.1) is 11.8 Å². The van der Waals surface area contributed by atoms with Gasteiger partial charge in [0.25, 0.3) is 5.56 Å². The highest BCUT2D eigenvalue weighted by molar-refractivity contribution is 8.00. The first kappa shape index (κ1) is 17.9. The number of fused-ring (bicyclic) bond motifs is 1. The summed E-state index contributed by atoms with van der Waals surface area (Å²) in [5.74, 6) is 0.724. The van der Waals surface area contributed by atoms with Gasteiger partial charge in [0.15, 0.2) is 5.16 Å². The SMILES string of the molecule is COCCn1c(SCc2cccc(Cl)c2)nc2c(c1=O)SC(C)C2. The molecule has 2 aromatic rings. The van der Waals surface area contributed by atoms with Crippen LogP contribution in [0.3, 0.4) is 0 Å². The first-order chi connectivity index (χ1) is 11.6. The molecule has 0 amide bonds. The quantitative estimate of drug-likeness (QED) is 0.560. The molecular weight excluding hydrogens is 364 g/mol. The molecule has 1 aliphatic rings. The van der Waals surface area contributed by atoms with Gasteiger partial charge in [0.05, 0.1) is 23.7 Å². The van der Waals surface area contributed by atoms with E-state index in [1.54, 1.807) is 35.2 Å². The number of hydrogen-bond donors (Lipinski definition) is 0. The molecule has 0 saturated heterocycles. The van der Waals surface area contributed by atoms with Crippen molar-refractivity contribution in [3.63, 3.8) is 0 Å². The zero-order chi connectivity index (χ0) is 17.1. The minimum absolute atomic E-state index is 0.0556. The van der Waals surface area contributed by atoms with Gasteiger partial charge in [0.2, 0.25) is 0 Å². The maximum Gasteiger partial charge on any atom is 0.268 e. The van der Waals surface area contributed by atoms with Crippen molar-refractivity contribution in [2.45, 2.75) is 40.9 Å². The number of aromatic nitrogens is 2. The van der Waals surface area contributed by atoms with E-state index in [-0.39, 0.29) is 5.56 Å². The van der Waals surface area contributed by atoms with Gasteiger partial charge in [-0.05, 0) is 17.7 Å². The second kappa shape index (κ2) is 7.95. The molecule has 1 aromatic carbocycles. The van der Waals surface area contributed by atoms with Crippen LogP contribution in [0.15, 0.2) is 39.1 Å². The number of methoxy groups -OCH3 is 1. The maximum absolute atomic E-state index is 12.8. The lowest BCUT2D eigenvalue weighted by Gasteiger charge is -2.13. The lowest BCUT2D eigenvalue weighted by molar-refractivity contribution is 0.182. The van der Waals surface area contributed by atoms with E-state index in [2.05, 4.69) is 6.92 Å². The molecule has 2 heterocycles. The fourth-order valence-electron chi connectivity index (χ4n) is 2.60. The van der Waals surface area contributed by atoms with Gasteiger partial charge in [-0.2, -0.15) is 0 Å². The summed E-state index contributed by atoms with van der Waals surface area (Å²) in [6.45, 7) is 3.14. The molecule has 0 spiro atoms. The first-order valence-electron chi connectivity index (χ1n) is 7.75. The molecule has 0 saturated carbocycles. The minimum atomic E-state index is 0.0556. The third-order valence-electron chi connectivity index (χ3n) is 3.74. The van der Waals surface area contributed by atoms with Gasteiger partial charge >= 0.3 is 0 Å². The van der Waals surface area contributed by atoms with Gasteiger partial charge in [-0.1, -0.05) is 42.4 Å². The third-order valence-corrected chi connectivity index (χ3v) is 6.24. The van der Waals surface area contributed by atoms with Crippen LogP contribution in [0.4, 0.5) is 0 Å². The molecule has 3 rings (SSSR count). The van der Waals surface area contributed by atoms with Gasteiger partial charge in [-0.25, -0.2) is 4.98 Å². The Hall–Kier alpha value is -0.950. The fourth-order valence-corrected chi connectivity index (χ4v) is 4.91. The van der Waals surface area contributed by atoms with E-state index < -0.39 is 0 Å². The summed E-state index contributed by atoms with van der Waals surface area (Å²) in [4.78, 5) is 18.4. The van der Waals surface area contributed by atoms with Crippen molar-refractivity contribution in [2.75, 3.05) is 13.7 Å². The van der Waals surface area contributed by atoms with E-state index in [1.165, 1.54) is 0 Å². The van der Waals surface area contributed by atoms with Crippen LogP contribution in [0.5, 0.6) is 0 Å². The standard InChI is InChI=1S/C17H19ClN2O2S2/c1-11-8-14-15(24-11)16(21)20(6-7-22-2)17(19-14)23-10-12-4-3-5-13(18)9-12/h3-5,9,11H,6-8,10H2,1-2H3. The number of halogens is 1. The van der Waals surface area contributed by atoms with Gasteiger partial charge < -0.3 is 4.74 Å². The zero-order valence-electron chi connectivity index (χ0n) is 13.6. The molecule has 1 atom stereocenters. The molecule has 7 heteroatoms. The molecule has 1 aliphatic heterocycles. The summed E-state index contributed by atoms with van der Waals surface area (Å²) in [5.41, 5.74) is 2.10. The maximum atomic E-state index is 12.8. The topological polar surface area (TPSA) is 44.1 Å². The Labute approximate surface area is 155 Å². The lowest BCUT2D eigenvalue weighted by atomic mass is 10.2. The van der Waals surface area contributed by atoms with Crippen molar-refractivity contribution in [1.82, 2.24) is 9.55 Å². The van der Waals surface area contributed by atoms with Crippen molar-refractivity contribution in [1.29, 1.82) is 0 Å². The molecule has 0 N–H and O–H groups in total. The summed E-state index contributed by atoms with van der Waals surface area (Å²) >= 11 is 9.24. The molecule has 4 nitrogen and oxygen atoms in total. The van der Waals surface area contributed by atoms with Crippen molar-refractivity contribution in [2.24, 2.45) is 0 Å². The number of thioether (sulfide) groups is 2. The van der Waals surface area contributed by atoms with E-state index in [0.29, 0.717) is 18.4 Å². The highest BCUT2D eigenvalue weighted by Crippen LogP contribution is 2.34. The normalized spacial score (nSPS) is 16.4. The van der Waals surface area contributed by atoms with E-state index >= 15 is 0 Å².